The Labute approximate surface area is 96.4 Å². The first-order valence-corrected chi connectivity index (χ1v) is 5.56. The largest absolute Gasteiger partial charge is 0.493 e. The van der Waals surface area contributed by atoms with Crippen LogP contribution < -0.4 is 4.74 Å². The van der Waals surface area contributed by atoms with Crippen LogP contribution in [0.1, 0.15) is 6.92 Å². The van der Waals surface area contributed by atoms with Crippen LogP contribution in [0.3, 0.4) is 0 Å². The smallest absolute Gasteiger partial charge is 0.130 e. The zero-order valence-electron chi connectivity index (χ0n) is 7.83. The molecule has 0 aliphatic heterocycles. The number of hydrogen-bond donors (Lipinski definition) is 0. The number of pyridine rings is 1. The third-order valence-electron chi connectivity index (χ3n) is 1.96. The summed E-state index contributed by atoms with van der Waals surface area (Å²) in [6.45, 7) is 2.67. The summed E-state index contributed by atoms with van der Waals surface area (Å²) in [5.41, 5.74) is 0.989. The molecule has 0 N–H and O–H groups in total. The van der Waals surface area contributed by atoms with Gasteiger partial charge >= 0.3 is 0 Å². The van der Waals surface area contributed by atoms with Gasteiger partial charge in [0.1, 0.15) is 5.75 Å². The van der Waals surface area contributed by atoms with Crippen molar-refractivity contribution in [2.45, 2.75) is 6.92 Å². The maximum Gasteiger partial charge on any atom is 0.130 e. The van der Waals surface area contributed by atoms with Gasteiger partial charge in [-0.25, -0.2) is 0 Å². The van der Waals surface area contributed by atoms with Crippen molar-refractivity contribution in [3.8, 4) is 5.75 Å². The van der Waals surface area contributed by atoms with Gasteiger partial charge in [-0.1, -0.05) is 0 Å². The number of nitrogens with zero attached hydrogens (tertiary/aromatic N) is 1. The lowest BCUT2D eigenvalue weighted by Gasteiger charge is -2.06. The Morgan fingerprint density at radius 1 is 1.36 bits per heavy atom. The van der Waals surface area contributed by atoms with Crippen LogP contribution in [-0.4, -0.2) is 11.6 Å². The molecule has 0 radical (unpaired) electrons. The first kappa shape index (κ1) is 9.71. The summed E-state index contributed by atoms with van der Waals surface area (Å²) in [5.74, 6) is 0.911. The van der Waals surface area contributed by atoms with Crippen molar-refractivity contribution in [2.24, 2.45) is 0 Å². The number of benzene rings is 1. The fourth-order valence-corrected chi connectivity index (χ4v) is 1.85. The van der Waals surface area contributed by atoms with E-state index < -0.39 is 0 Å². The Balaban J connectivity index is 2.62. The van der Waals surface area contributed by atoms with Crippen LogP contribution in [0.15, 0.2) is 30.5 Å². The lowest BCUT2D eigenvalue weighted by atomic mass is 10.2. The topological polar surface area (TPSA) is 22.1 Å². The monoisotopic (exact) mass is 299 g/mol. The molecular weight excluding hydrogens is 289 g/mol. The van der Waals surface area contributed by atoms with Crippen LogP contribution in [0.25, 0.3) is 10.9 Å². The van der Waals surface area contributed by atoms with Gasteiger partial charge < -0.3 is 4.74 Å². The predicted octanol–water partition coefficient (Wildman–Crippen LogP) is 3.24. The molecule has 3 heteroatoms. The van der Waals surface area contributed by atoms with Crippen molar-refractivity contribution >= 4 is 33.5 Å². The van der Waals surface area contributed by atoms with Gasteiger partial charge in [0.2, 0.25) is 0 Å². The van der Waals surface area contributed by atoms with E-state index in [4.69, 9.17) is 4.74 Å². The van der Waals surface area contributed by atoms with E-state index in [1.165, 1.54) is 3.57 Å². The minimum absolute atomic E-state index is 0.686. The van der Waals surface area contributed by atoms with E-state index in [1.807, 2.05) is 13.0 Å². The predicted molar refractivity (Wildman–Crippen MR) is 65.6 cm³/mol. The standard InChI is InChI=1S/C11H10INO/c1-2-14-11-5-6-13-10-7-8(12)3-4-9(10)11/h3-7H,2H2,1H3. The summed E-state index contributed by atoms with van der Waals surface area (Å²) < 4.78 is 6.71. The number of hydrogen-bond acceptors (Lipinski definition) is 2. The summed E-state index contributed by atoms with van der Waals surface area (Å²) in [6, 6.07) is 8.07. The molecule has 1 aromatic heterocycles. The van der Waals surface area contributed by atoms with E-state index in [2.05, 4.69) is 45.8 Å². The maximum absolute atomic E-state index is 5.52. The van der Waals surface area contributed by atoms with Gasteiger partial charge in [0.15, 0.2) is 0 Å². The minimum Gasteiger partial charge on any atom is -0.493 e. The van der Waals surface area contributed by atoms with Crippen LogP contribution >= 0.6 is 22.6 Å². The normalized spacial score (nSPS) is 10.4. The highest BCUT2D eigenvalue weighted by Crippen LogP contribution is 2.24. The molecule has 1 aromatic carbocycles. The molecule has 0 aliphatic rings. The third-order valence-corrected chi connectivity index (χ3v) is 2.64. The average molecular weight is 299 g/mol. The molecule has 0 bridgehead atoms. The van der Waals surface area contributed by atoms with Crippen molar-refractivity contribution in [2.75, 3.05) is 6.61 Å². The molecular formula is C11H10INO. The lowest BCUT2D eigenvalue weighted by molar-refractivity contribution is 0.344. The van der Waals surface area contributed by atoms with Gasteiger partial charge in [-0.3, -0.25) is 4.98 Å². The molecule has 0 saturated heterocycles. The Morgan fingerprint density at radius 3 is 3.00 bits per heavy atom. The molecule has 2 aromatic rings. The molecule has 0 spiro atoms. The zero-order chi connectivity index (χ0) is 9.97. The van der Waals surface area contributed by atoms with Gasteiger partial charge in [-0.15, -0.1) is 0 Å². The van der Waals surface area contributed by atoms with Crippen LogP contribution in [0.5, 0.6) is 5.75 Å². The molecule has 72 valence electrons. The molecule has 0 fully saturated rings. The van der Waals surface area contributed by atoms with E-state index in [1.54, 1.807) is 6.20 Å². The lowest BCUT2D eigenvalue weighted by Crippen LogP contribution is -1.93. The summed E-state index contributed by atoms with van der Waals surface area (Å²) >= 11 is 2.28. The summed E-state index contributed by atoms with van der Waals surface area (Å²) in [6.07, 6.45) is 1.78. The second kappa shape index (κ2) is 4.13. The summed E-state index contributed by atoms with van der Waals surface area (Å²) in [7, 11) is 0. The van der Waals surface area contributed by atoms with Crippen molar-refractivity contribution in [1.29, 1.82) is 0 Å². The fraction of sp³-hybridized carbons (Fsp3) is 0.182. The van der Waals surface area contributed by atoms with Gasteiger partial charge in [-0.2, -0.15) is 0 Å². The Hall–Kier alpha value is -0.840. The first-order chi connectivity index (χ1) is 6.81. The number of rotatable bonds is 2. The summed E-state index contributed by atoms with van der Waals surface area (Å²) in [5, 5.41) is 1.08. The van der Waals surface area contributed by atoms with Gasteiger partial charge in [-0.05, 0) is 53.8 Å². The molecule has 0 aliphatic carbocycles. The summed E-state index contributed by atoms with van der Waals surface area (Å²) in [4.78, 5) is 4.30. The number of halogens is 1. The van der Waals surface area contributed by atoms with Crippen LogP contribution in [-0.2, 0) is 0 Å². The Morgan fingerprint density at radius 2 is 2.21 bits per heavy atom. The van der Waals surface area contributed by atoms with Crippen molar-refractivity contribution in [3.63, 3.8) is 0 Å². The Kier molecular flexibility index (Phi) is 2.86. The number of ether oxygens (including phenoxy) is 1. The molecule has 14 heavy (non-hydrogen) atoms. The zero-order valence-corrected chi connectivity index (χ0v) is 9.98. The highest BCUT2D eigenvalue weighted by Gasteiger charge is 2.01. The van der Waals surface area contributed by atoms with Crippen LogP contribution in [0.2, 0.25) is 0 Å². The van der Waals surface area contributed by atoms with Gasteiger partial charge in [0.05, 0.1) is 12.1 Å². The highest BCUT2D eigenvalue weighted by atomic mass is 127. The second-order valence-electron chi connectivity index (χ2n) is 2.90. The minimum atomic E-state index is 0.686. The molecule has 1 heterocycles. The van der Waals surface area contributed by atoms with E-state index in [0.29, 0.717) is 6.61 Å². The van der Waals surface area contributed by atoms with E-state index >= 15 is 0 Å². The Bertz CT molecular complexity index is 456. The van der Waals surface area contributed by atoms with Crippen LogP contribution in [0, 0.1) is 3.57 Å². The number of fused-ring (bicyclic) bond motifs is 1. The van der Waals surface area contributed by atoms with Crippen molar-refractivity contribution < 1.29 is 4.74 Å². The average Bonchev–Trinajstić information content (AvgIpc) is 2.18. The highest BCUT2D eigenvalue weighted by molar-refractivity contribution is 14.1. The molecule has 2 nitrogen and oxygen atoms in total. The first-order valence-electron chi connectivity index (χ1n) is 4.48. The molecule has 2 rings (SSSR count). The van der Waals surface area contributed by atoms with E-state index in [-0.39, 0.29) is 0 Å². The SMILES string of the molecule is CCOc1ccnc2cc(I)ccc12. The molecule has 0 atom stereocenters. The van der Waals surface area contributed by atoms with Crippen molar-refractivity contribution in [1.82, 2.24) is 4.98 Å². The quantitative estimate of drug-likeness (QED) is 0.794. The fourth-order valence-electron chi connectivity index (χ4n) is 1.38. The molecule has 0 amide bonds. The van der Waals surface area contributed by atoms with Gasteiger partial charge in [0, 0.05) is 15.2 Å². The van der Waals surface area contributed by atoms with E-state index in [9.17, 15) is 0 Å². The second-order valence-corrected chi connectivity index (χ2v) is 4.15. The van der Waals surface area contributed by atoms with Gasteiger partial charge in [0.25, 0.3) is 0 Å². The number of aromatic nitrogens is 1. The molecule has 0 unspecified atom stereocenters. The van der Waals surface area contributed by atoms with Crippen LogP contribution in [0.4, 0.5) is 0 Å². The molecule has 0 saturated carbocycles. The van der Waals surface area contributed by atoms with Crippen molar-refractivity contribution in [3.05, 3.63) is 34.0 Å². The third kappa shape index (κ3) is 1.82. The maximum atomic E-state index is 5.52. The van der Waals surface area contributed by atoms with E-state index in [0.717, 1.165) is 16.7 Å².